The van der Waals surface area contributed by atoms with Gasteiger partial charge in [0.05, 0.1) is 6.20 Å². The Bertz CT molecular complexity index is 475. The van der Waals surface area contributed by atoms with Crippen LogP contribution >= 0.6 is 0 Å². The summed E-state index contributed by atoms with van der Waals surface area (Å²) < 4.78 is 1.32. The fraction of sp³-hybridized carbons (Fsp3) is 0. The maximum atomic E-state index is 10.9. The molecule has 0 atom stereocenters. The van der Waals surface area contributed by atoms with E-state index in [2.05, 4.69) is 10.1 Å². The number of fused-ring (bicyclic) bond motifs is 1. The van der Waals surface area contributed by atoms with Crippen LogP contribution < -0.4 is 11.5 Å². The summed E-state index contributed by atoms with van der Waals surface area (Å²) in [6.07, 6.45) is 1.37. The number of hydrogen-bond donors (Lipinski definition) is 2. The Hall–Kier alpha value is -2.11. The zero-order valence-corrected chi connectivity index (χ0v) is 6.64. The summed E-state index contributed by atoms with van der Waals surface area (Å²) in [6, 6.07) is 3.27. The van der Waals surface area contributed by atoms with Crippen LogP contribution in [0.3, 0.4) is 0 Å². The molecule has 0 aromatic carbocycles. The molecule has 13 heavy (non-hydrogen) atoms. The van der Waals surface area contributed by atoms with Gasteiger partial charge in [-0.2, -0.15) is 0 Å². The average molecular weight is 177 g/mol. The highest BCUT2D eigenvalue weighted by atomic mass is 16.1. The van der Waals surface area contributed by atoms with E-state index in [-0.39, 0.29) is 5.69 Å². The van der Waals surface area contributed by atoms with Gasteiger partial charge in [0, 0.05) is 0 Å². The summed E-state index contributed by atoms with van der Waals surface area (Å²) in [5.41, 5.74) is 11.3. The van der Waals surface area contributed by atoms with Gasteiger partial charge in [0.2, 0.25) is 0 Å². The van der Waals surface area contributed by atoms with E-state index < -0.39 is 5.91 Å². The highest BCUT2D eigenvalue weighted by molar-refractivity contribution is 5.91. The predicted molar refractivity (Wildman–Crippen MR) is 45.9 cm³/mol. The van der Waals surface area contributed by atoms with Crippen molar-refractivity contribution in [1.29, 1.82) is 0 Å². The van der Waals surface area contributed by atoms with E-state index in [9.17, 15) is 4.79 Å². The third-order valence-electron chi connectivity index (χ3n) is 1.64. The SMILES string of the molecule is NC(=O)c1cnc2ccc(N)nn12. The minimum Gasteiger partial charge on any atom is -0.382 e. The predicted octanol–water partition coefficient (Wildman–Crippen LogP) is -0.590. The lowest BCUT2D eigenvalue weighted by Crippen LogP contribution is -2.15. The number of primary amides is 1. The van der Waals surface area contributed by atoms with Gasteiger partial charge in [-0.05, 0) is 12.1 Å². The molecule has 0 aliphatic rings. The third kappa shape index (κ3) is 1.08. The van der Waals surface area contributed by atoms with Crippen LogP contribution in [0.25, 0.3) is 5.65 Å². The zero-order chi connectivity index (χ0) is 9.42. The summed E-state index contributed by atoms with van der Waals surface area (Å²) in [4.78, 5) is 14.8. The van der Waals surface area contributed by atoms with Crippen LogP contribution in [0.5, 0.6) is 0 Å². The lowest BCUT2D eigenvalue weighted by molar-refractivity contribution is 0.0993. The number of nitrogen functional groups attached to an aromatic ring is 1. The van der Waals surface area contributed by atoms with Crippen molar-refractivity contribution in [3.8, 4) is 0 Å². The van der Waals surface area contributed by atoms with E-state index in [4.69, 9.17) is 11.5 Å². The van der Waals surface area contributed by atoms with Crippen LogP contribution in [0.1, 0.15) is 10.5 Å². The van der Waals surface area contributed by atoms with Crippen molar-refractivity contribution in [2.75, 3.05) is 5.73 Å². The van der Waals surface area contributed by atoms with Crippen molar-refractivity contribution >= 4 is 17.4 Å². The molecule has 0 spiro atoms. The van der Waals surface area contributed by atoms with Crippen molar-refractivity contribution in [3.05, 3.63) is 24.0 Å². The van der Waals surface area contributed by atoms with Crippen LogP contribution in [0.15, 0.2) is 18.3 Å². The second kappa shape index (κ2) is 2.44. The molecule has 0 saturated heterocycles. The van der Waals surface area contributed by atoms with Gasteiger partial charge in [0.25, 0.3) is 5.91 Å². The standard InChI is InChI=1S/C7H7N5O/c8-5-1-2-6-10-3-4(7(9)13)12(6)11-5/h1-3H,(H2,8,11)(H2,9,13). The summed E-state index contributed by atoms with van der Waals surface area (Å²) in [5.74, 6) is -0.265. The van der Waals surface area contributed by atoms with Gasteiger partial charge in [-0.15, -0.1) is 5.10 Å². The van der Waals surface area contributed by atoms with Gasteiger partial charge < -0.3 is 11.5 Å². The minimum absolute atomic E-state index is 0.224. The van der Waals surface area contributed by atoms with Crippen molar-refractivity contribution in [1.82, 2.24) is 14.6 Å². The second-order valence-corrected chi connectivity index (χ2v) is 2.54. The molecule has 2 aromatic rings. The Balaban J connectivity index is 2.79. The number of anilines is 1. The lowest BCUT2D eigenvalue weighted by atomic mass is 10.4. The number of nitrogens with zero attached hydrogens (tertiary/aromatic N) is 3. The first-order chi connectivity index (χ1) is 6.18. The van der Waals surface area contributed by atoms with E-state index in [0.717, 1.165) is 0 Å². The summed E-state index contributed by atoms with van der Waals surface area (Å²) >= 11 is 0. The number of nitrogens with two attached hydrogens (primary N) is 2. The Kier molecular flexibility index (Phi) is 1.42. The smallest absolute Gasteiger partial charge is 0.269 e. The zero-order valence-electron chi connectivity index (χ0n) is 6.64. The van der Waals surface area contributed by atoms with Crippen LogP contribution in [0.2, 0.25) is 0 Å². The van der Waals surface area contributed by atoms with Crippen LogP contribution in [-0.4, -0.2) is 20.5 Å². The van der Waals surface area contributed by atoms with E-state index >= 15 is 0 Å². The molecule has 0 unspecified atom stereocenters. The number of imidazole rings is 1. The second-order valence-electron chi connectivity index (χ2n) is 2.54. The maximum absolute atomic E-state index is 10.9. The van der Waals surface area contributed by atoms with Crippen LogP contribution in [0, 0.1) is 0 Å². The van der Waals surface area contributed by atoms with Gasteiger partial charge in [-0.3, -0.25) is 4.79 Å². The molecule has 0 aliphatic heterocycles. The van der Waals surface area contributed by atoms with Crippen LogP contribution in [-0.2, 0) is 0 Å². The fourth-order valence-corrected chi connectivity index (χ4v) is 1.06. The Morgan fingerprint density at radius 3 is 2.92 bits per heavy atom. The molecule has 0 radical (unpaired) electrons. The van der Waals surface area contributed by atoms with E-state index in [1.807, 2.05) is 0 Å². The molecule has 66 valence electrons. The Labute approximate surface area is 73.2 Å². The molecule has 2 heterocycles. The largest absolute Gasteiger partial charge is 0.382 e. The molecule has 6 heteroatoms. The van der Waals surface area contributed by atoms with Crippen molar-refractivity contribution < 1.29 is 4.79 Å². The summed E-state index contributed by atoms with van der Waals surface area (Å²) in [6.45, 7) is 0. The number of hydrogen-bond acceptors (Lipinski definition) is 4. The molecule has 2 aromatic heterocycles. The van der Waals surface area contributed by atoms with Gasteiger partial charge in [-0.25, -0.2) is 9.50 Å². The summed E-state index contributed by atoms with van der Waals surface area (Å²) in [5, 5.41) is 3.89. The van der Waals surface area contributed by atoms with E-state index in [1.165, 1.54) is 10.7 Å². The van der Waals surface area contributed by atoms with Gasteiger partial charge in [-0.1, -0.05) is 0 Å². The highest BCUT2D eigenvalue weighted by Crippen LogP contribution is 2.05. The lowest BCUT2D eigenvalue weighted by Gasteiger charge is -1.96. The monoisotopic (exact) mass is 177 g/mol. The van der Waals surface area contributed by atoms with Gasteiger partial charge in [0.1, 0.15) is 11.5 Å². The summed E-state index contributed by atoms with van der Waals surface area (Å²) in [7, 11) is 0. The minimum atomic E-state index is -0.578. The number of carbonyl (C=O) groups is 1. The van der Waals surface area contributed by atoms with Crippen LogP contribution in [0.4, 0.5) is 5.82 Å². The first-order valence-electron chi connectivity index (χ1n) is 3.58. The number of amides is 1. The number of rotatable bonds is 1. The first-order valence-corrected chi connectivity index (χ1v) is 3.58. The topological polar surface area (TPSA) is 99.3 Å². The molecule has 0 fully saturated rings. The number of aromatic nitrogens is 3. The van der Waals surface area contributed by atoms with E-state index in [1.54, 1.807) is 12.1 Å². The van der Waals surface area contributed by atoms with Crippen molar-refractivity contribution in [2.24, 2.45) is 5.73 Å². The highest BCUT2D eigenvalue weighted by Gasteiger charge is 2.08. The molecule has 6 nitrogen and oxygen atoms in total. The fourth-order valence-electron chi connectivity index (χ4n) is 1.06. The third-order valence-corrected chi connectivity index (χ3v) is 1.64. The molecule has 2 rings (SSSR count). The average Bonchev–Trinajstić information content (AvgIpc) is 2.46. The molecular weight excluding hydrogens is 170 g/mol. The quantitative estimate of drug-likeness (QED) is 0.608. The van der Waals surface area contributed by atoms with Gasteiger partial charge >= 0.3 is 0 Å². The molecule has 0 saturated carbocycles. The molecular formula is C7H7N5O. The Morgan fingerprint density at radius 2 is 2.23 bits per heavy atom. The van der Waals surface area contributed by atoms with E-state index in [0.29, 0.717) is 11.5 Å². The van der Waals surface area contributed by atoms with Gasteiger partial charge in [0.15, 0.2) is 5.65 Å². The Morgan fingerprint density at radius 1 is 1.46 bits per heavy atom. The first kappa shape index (κ1) is 7.53. The van der Waals surface area contributed by atoms with Crippen molar-refractivity contribution in [3.63, 3.8) is 0 Å². The number of carbonyl (C=O) groups excluding carboxylic acids is 1. The van der Waals surface area contributed by atoms with Crippen molar-refractivity contribution in [2.45, 2.75) is 0 Å². The maximum Gasteiger partial charge on any atom is 0.269 e. The molecule has 0 aliphatic carbocycles. The molecule has 0 bridgehead atoms. The molecule has 4 N–H and O–H groups in total. The normalized spacial score (nSPS) is 10.5. The molecule has 1 amide bonds.